The van der Waals surface area contributed by atoms with Crippen LogP contribution in [0, 0.1) is 11.3 Å². The van der Waals surface area contributed by atoms with Gasteiger partial charge < -0.3 is 15.1 Å². The Balaban J connectivity index is 1.58. The van der Waals surface area contributed by atoms with Gasteiger partial charge in [0, 0.05) is 44.6 Å². The number of sulfonamides is 1. The minimum Gasteiger partial charge on any atom is -0.369 e. The third kappa shape index (κ3) is 5.16. The Morgan fingerprint density at radius 1 is 1.07 bits per heavy atom. The van der Waals surface area contributed by atoms with Crippen molar-refractivity contribution >= 4 is 27.3 Å². The fourth-order valence-electron chi connectivity index (χ4n) is 3.19. The summed E-state index contributed by atoms with van der Waals surface area (Å²) < 4.78 is 26.2. The highest BCUT2D eigenvalue weighted by Crippen LogP contribution is 2.20. The van der Waals surface area contributed by atoms with Gasteiger partial charge in [-0.15, -0.1) is 0 Å². The summed E-state index contributed by atoms with van der Waals surface area (Å²) in [4.78, 5) is 17.0. The van der Waals surface area contributed by atoms with Gasteiger partial charge in [0.15, 0.2) is 0 Å². The highest BCUT2D eigenvalue weighted by Gasteiger charge is 2.23. The van der Waals surface area contributed by atoms with E-state index in [0.29, 0.717) is 11.3 Å². The van der Waals surface area contributed by atoms with E-state index in [0.717, 1.165) is 36.2 Å². The van der Waals surface area contributed by atoms with Crippen molar-refractivity contribution in [1.82, 2.24) is 9.21 Å². The maximum absolute atomic E-state index is 12.6. The predicted molar refractivity (Wildman–Crippen MR) is 116 cm³/mol. The quantitative estimate of drug-likeness (QED) is 0.752. The molecule has 9 heteroatoms. The van der Waals surface area contributed by atoms with Gasteiger partial charge in [-0.2, -0.15) is 9.57 Å². The minimum absolute atomic E-state index is 0.0355. The van der Waals surface area contributed by atoms with Crippen LogP contribution in [0.2, 0.25) is 0 Å². The minimum atomic E-state index is -3.82. The van der Waals surface area contributed by atoms with Gasteiger partial charge in [0.1, 0.15) is 0 Å². The molecule has 0 aliphatic carbocycles. The first kappa shape index (κ1) is 21.8. The van der Waals surface area contributed by atoms with Gasteiger partial charge in [0.05, 0.1) is 23.1 Å². The summed E-state index contributed by atoms with van der Waals surface area (Å²) in [6, 6.07) is 15.1. The molecule has 0 aromatic heterocycles. The molecule has 158 valence electrons. The first-order valence-electron chi connectivity index (χ1n) is 9.59. The molecular formula is C21H25N5O3S. The number of hydrogen-bond donors (Lipinski definition) is 1. The number of benzene rings is 2. The average Bonchev–Trinajstić information content (AvgIpc) is 2.75. The lowest BCUT2D eigenvalue weighted by Crippen LogP contribution is -2.44. The third-order valence-electron chi connectivity index (χ3n) is 5.08. The SMILES string of the molecule is CN1CCN(c2ccc(NC(=O)CN(C)S(=O)(=O)c3ccc(C#N)cc3)cc2)CC1. The fourth-order valence-corrected chi connectivity index (χ4v) is 4.32. The van der Waals surface area contributed by atoms with Crippen LogP contribution in [0.3, 0.4) is 0 Å². The van der Waals surface area contributed by atoms with Crippen molar-refractivity contribution in [3.05, 3.63) is 54.1 Å². The molecule has 1 N–H and O–H groups in total. The number of anilines is 2. The summed E-state index contributed by atoms with van der Waals surface area (Å²) in [5.74, 6) is -0.429. The summed E-state index contributed by atoms with van der Waals surface area (Å²) in [5.41, 5.74) is 2.08. The second-order valence-corrected chi connectivity index (χ2v) is 9.33. The third-order valence-corrected chi connectivity index (χ3v) is 6.89. The predicted octanol–water partition coefficient (Wildman–Crippen LogP) is 1.57. The standard InChI is InChI=1S/C21H25N5O3S/c1-24-11-13-26(14-12-24)19-7-5-18(6-8-19)23-21(27)16-25(2)30(28,29)20-9-3-17(15-22)4-10-20/h3-10H,11-14,16H2,1-2H3,(H,23,27). The fraction of sp³-hybridized carbons (Fsp3) is 0.333. The van der Waals surface area contributed by atoms with Crippen LogP contribution >= 0.6 is 0 Å². The number of piperazine rings is 1. The Morgan fingerprint density at radius 3 is 2.23 bits per heavy atom. The lowest BCUT2D eigenvalue weighted by Gasteiger charge is -2.34. The second-order valence-electron chi connectivity index (χ2n) is 7.28. The molecule has 1 aliphatic rings. The molecule has 3 rings (SSSR count). The number of likely N-dealkylation sites (N-methyl/N-ethyl adjacent to an activating group) is 2. The molecule has 30 heavy (non-hydrogen) atoms. The van der Waals surface area contributed by atoms with Gasteiger partial charge in [-0.25, -0.2) is 8.42 Å². The van der Waals surface area contributed by atoms with E-state index in [9.17, 15) is 13.2 Å². The van der Waals surface area contributed by atoms with E-state index in [1.54, 1.807) is 0 Å². The molecule has 8 nitrogen and oxygen atoms in total. The largest absolute Gasteiger partial charge is 0.369 e. The number of nitriles is 1. The monoisotopic (exact) mass is 427 g/mol. The number of nitrogens with zero attached hydrogens (tertiary/aromatic N) is 4. The van der Waals surface area contributed by atoms with Crippen molar-refractivity contribution in [3.8, 4) is 6.07 Å². The molecule has 0 unspecified atom stereocenters. The van der Waals surface area contributed by atoms with Crippen LogP contribution < -0.4 is 10.2 Å². The molecular weight excluding hydrogens is 402 g/mol. The van der Waals surface area contributed by atoms with Crippen molar-refractivity contribution in [2.24, 2.45) is 0 Å². The van der Waals surface area contributed by atoms with Crippen molar-refractivity contribution in [2.75, 3.05) is 57.0 Å². The van der Waals surface area contributed by atoms with E-state index in [-0.39, 0.29) is 11.4 Å². The van der Waals surface area contributed by atoms with E-state index in [1.807, 2.05) is 30.3 Å². The molecule has 1 amide bonds. The lowest BCUT2D eigenvalue weighted by atomic mass is 10.2. The molecule has 2 aromatic carbocycles. The van der Waals surface area contributed by atoms with Crippen LogP contribution in [-0.2, 0) is 14.8 Å². The number of nitrogens with one attached hydrogen (secondary N) is 1. The molecule has 0 atom stereocenters. The van der Waals surface area contributed by atoms with Crippen LogP contribution in [0.4, 0.5) is 11.4 Å². The smallest absolute Gasteiger partial charge is 0.243 e. The lowest BCUT2D eigenvalue weighted by molar-refractivity contribution is -0.116. The van der Waals surface area contributed by atoms with Gasteiger partial charge >= 0.3 is 0 Å². The number of amides is 1. The van der Waals surface area contributed by atoms with E-state index < -0.39 is 15.9 Å². The number of carbonyl (C=O) groups excluding carboxylic acids is 1. The van der Waals surface area contributed by atoms with Crippen LogP contribution in [0.25, 0.3) is 0 Å². The van der Waals surface area contributed by atoms with Crippen LogP contribution in [-0.4, -0.2) is 70.3 Å². The summed E-state index contributed by atoms with van der Waals surface area (Å²) in [7, 11) is -0.368. The zero-order chi connectivity index (χ0) is 21.7. The summed E-state index contributed by atoms with van der Waals surface area (Å²) >= 11 is 0. The van der Waals surface area contributed by atoms with E-state index in [4.69, 9.17) is 5.26 Å². The zero-order valence-corrected chi connectivity index (χ0v) is 17.9. The van der Waals surface area contributed by atoms with Crippen molar-refractivity contribution in [2.45, 2.75) is 4.90 Å². The summed E-state index contributed by atoms with van der Waals surface area (Å²) in [6.45, 7) is 3.63. The Hall–Kier alpha value is -2.93. The first-order valence-corrected chi connectivity index (χ1v) is 11.0. The van der Waals surface area contributed by atoms with Gasteiger partial charge in [-0.3, -0.25) is 4.79 Å². The van der Waals surface area contributed by atoms with Gasteiger partial charge in [0.2, 0.25) is 15.9 Å². The van der Waals surface area contributed by atoms with Crippen LogP contribution in [0.5, 0.6) is 0 Å². The maximum Gasteiger partial charge on any atom is 0.243 e. The zero-order valence-electron chi connectivity index (χ0n) is 17.1. The number of carbonyl (C=O) groups is 1. The summed E-state index contributed by atoms with van der Waals surface area (Å²) in [5, 5.41) is 11.6. The van der Waals surface area contributed by atoms with E-state index >= 15 is 0 Å². The first-order chi connectivity index (χ1) is 14.3. The van der Waals surface area contributed by atoms with Gasteiger partial charge in [0.25, 0.3) is 0 Å². The molecule has 1 heterocycles. The van der Waals surface area contributed by atoms with Crippen molar-refractivity contribution in [3.63, 3.8) is 0 Å². The average molecular weight is 428 g/mol. The molecule has 2 aromatic rings. The van der Waals surface area contributed by atoms with Crippen LogP contribution in [0.15, 0.2) is 53.4 Å². The Bertz CT molecular complexity index is 1020. The number of hydrogen-bond acceptors (Lipinski definition) is 6. The highest BCUT2D eigenvalue weighted by molar-refractivity contribution is 7.89. The van der Waals surface area contributed by atoms with Crippen molar-refractivity contribution < 1.29 is 13.2 Å². The number of rotatable bonds is 6. The molecule has 0 radical (unpaired) electrons. The molecule has 0 spiro atoms. The molecule has 1 fully saturated rings. The molecule has 0 bridgehead atoms. The molecule has 1 aliphatic heterocycles. The van der Waals surface area contributed by atoms with Gasteiger partial charge in [-0.05, 0) is 55.6 Å². The Morgan fingerprint density at radius 2 is 1.67 bits per heavy atom. The van der Waals surface area contributed by atoms with Crippen LogP contribution in [0.1, 0.15) is 5.56 Å². The van der Waals surface area contributed by atoms with Gasteiger partial charge in [-0.1, -0.05) is 0 Å². The Labute approximate surface area is 177 Å². The molecule has 1 saturated heterocycles. The highest BCUT2D eigenvalue weighted by atomic mass is 32.2. The van der Waals surface area contributed by atoms with Crippen molar-refractivity contribution in [1.29, 1.82) is 5.26 Å². The van der Waals surface area contributed by atoms with E-state index in [2.05, 4.69) is 22.2 Å². The maximum atomic E-state index is 12.6. The normalized spacial score (nSPS) is 15.1. The van der Waals surface area contributed by atoms with E-state index in [1.165, 1.54) is 31.3 Å². The topological polar surface area (TPSA) is 96.8 Å². The second kappa shape index (κ2) is 9.26. The Kier molecular flexibility index (Phi) is 6.72. The summed E-state index contributed by atoms with van der Waals surface area (Å²) in [6.07, 6.45) is 0. The molecule has 0 saturated carbocycles.